The van der Waals surface area contributed by atoms with Crippen LogP contribution in [0.4, 0.5) is 5.69 Å². The van der Waals surface area contributed by atoms with Crippen molar-refractivity contribution in [2.45, 2.75) is 6.42 Å². The van der Waals surface area contributed by atoms with E-state index in [1.807, 2.05) is 30.3 Å². The number of nitrogens with two attached hydrogens (primary N) is 1. The molecule has 2 aromatic carbocycles. The summed E-state index contributed by atoms with van der Waals surface area (Å²) >= 11 is 12.1. The molecule has 0 bridgehead atoms. The number of methoxy groups -OCH3 is 1. The normalized spacial score (nSPS) is 10.7. The molecule has 0 aliphatic heterocycles. The molecule has 100 valence electrons. The Morgan fingerprint density at radius 3 is 2.42 bits per heavy atom. The van der Waals surface area contributed by atoms with E-state index in [0.29, 0.717) is 16.7 Å². The molecular weight excluding hydrogens is 281 g/mol. The number of hydrogen-bond donors (Lipinski definition) is 1. The largest absolute Gasteiger partial charge is 0.398 e. The molecule has 0 unspecified atom stereocenters. The average molecular weight is 296 g/mol. The Morgan fingerprint density at radius 2 is 1.79 bits per heavy atom. The van der Waals surface area contributed by atoms with Crippen molar-refractivity contribution in [2.24, 2.45) is 0 Å². The molecule has 2 nitrogen and oxygen atoms in total. The third-order valence-corrected chi connectivity index (χ3v) is 3.38. The quantitative estimate of drug-likeness (QED) is 0.847. The van der Waals surface area contributed by atoms with Crippen molar-refractivity contribution in [2.75, 3.05) is 19.5 Å². The Balaban J connectivity index is 2.44. The minimum absolute atomic E-state index is 0.601. The first-order valence-electron chi connectivity index (χ1n) is 5.94. The molecule has 2 aromatic rings. The molecule has 0 spiro atoms. The summed E-state index contributed by atoms with van der Waals surface area (Å²) in [4.78, 5) is 0. The van der Waals surface area contributed by atoms with Crippen molar-refractivity contribution in [3.63, 3.8) is 0 Å². The predicted octanol–water partition coefficient (Wildman–Crippen LogP) is 4.43. The summed E-state index contributed by atoms with van der Waals surface area (Å²) in [6, 6.07) is 11.4. The summed E-state index contributed by atoms with van der Waals surface area (Å²) < 4.78 is 5.09. The Kier molecular flexibility index (Phi) is 4.70. The number of para-hydroxylation sites is 1. The molecule has 0 aromatic heterocycles. The lowest BCUT2D eigenvalue weighted by molar-refractivity contribution is 0.202. The minimum Gasteiger partial charge on any atom is -0.398 e. The molecule has 0 saturated carbocycles. The average Bonchev–Trinajstić information content (AvgIpc) is 2.36. The zero-order valence-electron chi connectivity index (χ0n) is 10.6. The highest BCUT2D eigenvalue weighted by molar-refractivity contribution is 6.35. The van der Waals surface area contributed by atoms with E-state index < -0.39 is 0 Å². The highest BCUT2D eigenvalue weighted by Crippen LogP contribution is 2.32. The first-order valence-corrected chi connectivity index (χ1v) is 6.70. The van der Waals surface area contributed by atoms with Gasteiger partial charge in [0.15, 0.2) is 0 Å². The summed E-state index contributed by atoms with van der Waals surface area (Å²) in [7, 11) is 1.68. The third-order valence-electron chi connectivity index (χ3n) is 2.95. The van der Waals surface area contributed by atoms with Crippen LogP contribution in [-0.2, 0) is 11.2 Å². The topological polar surface area (TPSA) is 35.2 Å². The van der Waals surface area contributed by atoms with E-state index >= 15 is 0 Å². The van der Waals surface area contributed by atoms with Gasteiger partial charge in [0.2, 0.25) is 0 Å². The van der Waals surface area contributed by atoms with Crippen molar-refractivity contribution in [1.82, 2.24) is 0 Å². The molecule has 0 radical (unpaired) electrons. The molecule has 0 atom stereocenters. The number of rotatable bonds is 4. The van der Waals surface area contributed by atoms with Gasteiger partial charge in [-0.3, -0.25) is 0 Å². The van der Waals surface area contributed by atoms with Gasteiger partial charge in [-0.2, -0.15) is 0 Å². The molecular formula is C15H15Cl2NO. The van der Waals surface area contributed by atoms with Crippen LogP contribution in [0.2, 0.25) is 10.0 Å². The standard InChI is InChI=1S/C15H15Cl2NO/c1-19-6-5-10-3-2-4-14(15(10)18)11-7-12(16)9-13(17)8-11/h2-4,7-9H,5-6,18H2,1H3. The van der Waals surface area contributed by atoms with Crippen LogP contribution in [0.3, 0.4) is 0 Å². The lowest BCUT2D eigenvalue weighted by Gasteiger charge is -2.11. The number of anilines is 1. The molecule has 4 heteroatoms. The van der Waals surface area contributed by atoms with Gasteiger partial charge < -0.3 is 10.5 Å². The Labute approximate surface area is 123 Å². The van der Waals surface area contributed by atoms with Gasteiger partial charge in [0.05, 0.1) is 6.61 Å². The van der Waals surface area contributed by atoms with Gasteiger partial charge in [-0.05, 0) is 35.7 Å². The van der Waals surface area contributed by atoms with Crippen molar-refractivity contribution in [3.8, 4) is 11.1 Å². The van der Waals surface area contributed by atoms with Crippen molar-refractivity contribution in [3.05, 3.63) is 52.0 Å². The summed E-state index contributed by atoms with van der Waals surface area (Å²) in [5.41, 5.74) is 9.90. The molecule has 2 rings (SSSR count). The second-order valence-corrected chi connectivity index (χ2v) is 5.15. The number of halogens is 2. The Morgan fingerprint density at radius 1 is 1.11 bits per heavy atom. The van der Waals surface area contributed by atoms with Crippen LogP contribution < -0.4 is 5.73 Å². The third kappa shape index (κ3) is 3.41. The molecule has 2 N–H and O–H groups in total. The van der Waals surface area contributed by atoms with E-state index in [1.165, 1.54) is 0 Å². The fraction of sp³-hybridized carbons (Fsp3) is 0.200. The highest BCUT2D eigenvalue weighted by Gasteiger charge is 2.08. The maximum absolute atomic E-state index is 6.21. The van der Waals surface area contributed by atoms with Crippen LogP contribution in [0, 0.1) is 0 Å². The van der Waals surface area contributed by atoms with Gasteiger partial charge in [-0.1, -0.05) is 41.4 Å². The molecule has 0 aliphatic carbocycles. The molecule has 0 saturated heterocycles. The summed E-state index contributed by atoms with van der Waals surface area (Å²) in [5.74, 6) is 0. The van der Waals surface area contributed by atoms with Gasteiger partial charge in [0.1, 0.15) is 0 Å². The van der Waals surface area contributed by atoms with Crippen LogP contribution in [-0.4, -0.2) is 13.7 Å². The second kappa shape index (κ2) is 6.29. The number of nitrogen functional groups attached to an aromatic ring is 1. The van der Waals surface area contributed by atoms with E-state index in [9.17, 15) is 0 Å². The van der Waals surface area contributed by atoms with Crippen LogP contribution in [0.5, 0.6) is 0 Å². The molecule has 0 aliphatic rings. The van der Waals surface area contributed by atoms with Crippen molar-refractivity contribution < 1.29 is 4.74 Å². The van der Waals surface area contributed by atoms with Gasteiger partial charge in [-0.15, -0.1) is 0 Å². The van der Waals surface area contributed by atoms with Crippen LogP contribution >= 0.6 is 23.2 Å². The maximum Gasteiger partial charge on any atom is 0.0503 e. The zero-order valence-corrected chi connectivity index (χ0v) is 12.1. The molecule has 0 amide bonds. The maximum atomic E-state index is 6.21. The Hall–Kier alpha value is -1.22. The second-order valence-electron chi connectivity index (χ2n) is 4.28. The summed E-state index contributed by atoms with van der Waals surface area (Å²) in [6.07, 6.45) is 0.782. The van der Waals surface area contributed by atoms with Crippen molar-refractivity contribution >= 4 is 28.9 Å². The number of hydrogen-bond acceptors (Lipinski definition) is 2. The lowest BCUT2D eigenvalue weighted by atomic mass is 9.99. The van der Waals surface area contributed by atoms with Crippen LogP contribution in [0.25, 0.3) is 11.1 Å². The first-order chi connectivity index (χ1) is 9.11. The fourth-order valence-corrected chi connectivity index (χ4v) is 2.53. The minimum atomic E-state index is 0.601. The van der Waals surface area contributed by atoms with E-state index in [4.69, 9.17) is 33.7 Å². The number of ether oxygens (including phenoxy) is 1. The van der Waals surface area contributed by atoms with Crippen LogP contribution in [0.15, 0.2) is 36.4 Å². The van der Waals surface area contributed by atoms with Crippen molar-refractivity contribution in [1.29, 1.82) is 0 Å². The zero-order chi connectivity index (χ0) is 13.8. The molecule has 0 heterocycles. The SMILES string of the molecule is COCCc1cccc(-c2cc(Cl)cc(Cl)c2)c1N. The molecule has 0 fully saturated rings. The van der Waals surface area contributed by atoms with E-state index in [1.54, 1.807) is 13.2 Å². The van der Waals surface area contributed by atoms with Gasteiger partial charge >= 0.3 is 0 Å². The van der Waals surface area contributed by atoms with Gasteiger partial charge in [-0.25, -0.2) is 0 Å². The summed E-state index contributed by atoms with van der Waals surface area (Å²) in [6.45, 7) is 0.643. The number of benzene rings is 2. The van der Waals surface area contributed by atoms with Gasteiger partial charge in [0, 0.05) is 28.4 Å². The monoisotopic (exact) mass is 295 g/mol. The molecule has 19 heavy (non-hydrogen) atoms. The smallest absolute Gasteiger partial charge is 0.0503 e. The van der Waals surface area contributed by atoms with Crippen LogP contribution in [0.1, 0.15) is 5.56 Å². The fourth-order valence-electron chi connectivity index (χ4n) is 2.00. The lowest BCUT2D eigenvalue weighted by Crippen LogP contribution is -2.01. The van der Waals surface area contributed by atoms with E-state index in [2.05, 4.69) is 0 Å². The van der Waals surface area contributed by atoms with E-state index in [0.717, 1.165) is 28.8 Å². The van der Waals surface area contributed by atoms with Gasteiger partial charge in [0.25, 0.3) is 0 Å². The Bertz CT molecular complexity index is 564. The predicted molar refractivity (Wildman–Crippen MR) is 81.9 cm³/mol. The van der Waals surface area contributed by atoms with E-state index in [-0.39, 0.29) is 0 Å². The summed E-state index contributed by atoms with van der Waals surface area (Å²) in [5, 5.41) is 1.20. The first kappa shape index (κ1) is 14.2. The highest BCUT2D eigenvalue weighted by atomic mass is 35.5.